The molecule has 0 unspecified atom stereocenters. The molecule has 2 aliphatic rings. The maximum Gasteiger partial charge on any atom is 0.242 e. The molecule has 1 aromatic rings. The van der Waals surface area contributed by atoms with Gasteiger partial charge in [-0.3, -0.25) is 4.79 Å². The first-order valence-corrected chi connectivity index (χ1v) is 7.46. The van der Waals surface area contributed by atoms with Crippen LogP contribution < -0.4 is 10.6 Å². The fraction of sp³-hybridized carbons (Fsp3) is 0.643. The second-order valence-electron chi connectivity index (χ2n) is 6.23. The zero-order chi connectivity index (χ0) is 14.3. The molecule has 20 heavy (non-hydrogen) atoms. The Bertz CT molecular complexity index is 558. The molecule has 0 radical (unpaired) electrons. The van der Waals surface area contributed by atoms with Crippen molar-refractivity contribution >= 4 is 23.3 Å². The third-order valence-corrected chi connectivity index (χ3v) is 4.22. The van der Waals surface area contributed by atoms with Crippen LogP contribution in [-0.4, -0.2) is 27.5 Å². The number of anilines is 1. The standard InChI is InChI=1S/C14H19ClN4O/c1-14(2)7-6-10(12(20)19-14)16-11-8-4-3-5-9(8)17-13(15)18-11/h10H,3-7H2,1-2H3,(H,19,20)(H,16,17,18)/t10-/m1/s1. The van der Waals surface area contributed by atoms with Gasteiger partial charge in [0, 0.05) is 11.1 Å². The van der Waals surface area contributed by atoms with E-state index >= 15 is 0 Å². The van der Waals surface area contributed by atoms with E-state index in [1.54, 1.807) is 0 Å². The molecule has 5 nitrogen and oxygen atoms in total. The Hall–Kier alpha value is -1.36. The van der Waals surface area contributed by atoms with Crippen molar-refractivity contribution in [3.8, 4) is 0 Å². The first-order chi connectivity index (χ1) is 9.44. The number of carbonyl (C=O) groups is 1. The third kappa shape index (κ3) is 2.59. The van der Waals surface area contributed by atoms with Crippen LogP contribution in [0.1, 0.15) is 44.4 Å². The number of nitrogens with one attached hydrogen (secondary N) is 2. The van der Waals surface area contributed by atoms with Crippen LogP contribution in [0.2, 0.25) is 5.28 Å². The molecule has 0 spiro atoms. The molecular weight excluding hydrogens is 276 g/mol. The summed E-state index contributed by atoms with van der Waals surface area (Å²) in [4.78, 5) is 20.7. The van der Waals surface area contributed by atoms with E-state index in [4.69, 9.17) is 11.6 Å². The summed E-state index contributed by atoms with van der Waals surface area (Å²) in [6, 6.07) is -0.237. The number of nitrogens with zero attached hydrogens (tertiary/aromatic N) is 2. The van der Waals surface area contributed by atoms with E-state index < -0.39 is 0 Å². The zero-order valence-electron chi connectivity index (χ0n) is 11.8. The van der Waals surface area contributed by atoms with Crippen molar-refractivity contribution in [2.75, 3.05) is 5.32 Å². The molecule has 3 rings (SSSR count). The van der Waals surface area contributed by atoms with Gasteiger partial charge >= 0.3 is 0 Å². The van der Waals surface area contributed by atoms with Crippen LogP contribution in [0.4, 0.5) is 5.82 Å². The van der Waals surface area contributed by atoms with Crippen molar-refractivity contribution in [1.29, 1.82) is 0 Å². The van der Waals surface area contributed by atoms with Gasteiger partial charge in [-0.25, -0.2) is 9.97 Å². The monoisotopic (exact) mass is 294 g/mol. The molecule has 2 heterocycles. The van der Waals surface area contributed by atoms with Crippen LogP contribution in [0.3, 0.4) is 0 Å². The minimum Gasteiger partial charge on any atom is -0.358 e. The normalized spacial score (nSPS) is 24.1. The maximum absolute atomic E-state index is 12.1. The highest BCUT2D eigenvalue weighted by atomic mass is 35.5. The van der Waals surface area contributed by atoms with Crippen LogP contribution in [0.25, 0.3) is 0 Å². The number of aromatic nitrogens is 2. The number of fused-ring (bicyclic) bond motifs is 1. The van der Waals surface area contributed by atoms with Gasteiger partial charge in [-0.2, -0.15) is 0 Å². The Balaban J connectivity index is 1.81. The van der Waals surface area contributed by atoms with Crippen LogP contribution in [0.5, 0.6) is 0 Å². The molecule has 6 heteroatoms. The minimum absolute atomic E-state index is 0.0303. The molecule has 0 saturated carbocycles. The number of rotatable bonds is 2. The minimum atomic E-state index is -0.237. The fourth-order valence-electron chi connectivity index (χ4n) is 2.94. The quantitative estimate of drug-likeness (QED) is 0.820. The first-order valence-electron chi connectivity index (χ1n) is 7.08. The lowest BCUT2D eigenvalue weighted by atomic mass is 9.90. The lowest BCUT2D eigenvalue weighted by Crippen LogP contribution is -2.55. The number of piperidine rings is 1. The molecule has 0 bridgehead atoms. The second-order valence-corrected chi connectivity index (χ2v) is 6.57. The zero-order valence-corrected chi connectivity index (χ0v) is 12.5. The lowest BCUT2D eigenvalue weighted by molar-refractivity contribution is -0.125. The summed E-state index contributed by atoms with van der Waals surface area (Å²) in [6.45, 7) is 4.08. The van der Waals surface area contributed by atoms with Gasteiger partial charge in [-0.15, -0.1) is 0 Å². The molecule has 1 aromatic heterocycles. The molecule has 1 aliphatic carbocycles. The predicted octanol–water partition coefficient (Wildman–Crippen LogP) is 2.09. The highest BCUT2D eigenvalue weighted by Crippen LogP contribution is 2.29. The van der Waals surface area contributed by atoms with E-state index in [1.165, 1.54) is 0 Å². The Kier molecular flexibility index (Phi) is 3.32. The summed E-state index contributed by atoms with van der Waals surface area (Å²) in [5, 5.41) is 6.55. The summed E-state index contributed by atoms with van der Waals surface area (Å²) in [7, 11) is 0. The molecule has 108 valence electrons. The molecule has 2 N–H and O–H groups in total. The second kappa shape index (κ2) is 4.88. The van der Waals surface area contributed by atoms with Crippen LogP contribution in [-0.2, 0) is 17.6 Å². The van der Waals surface area contributed by atoms with Gasteiger partial charge in [-0.05, 0) is 57.6 Å². The van der Waals surface area contributed by atoms with Gasteiger partial charge in [0.2, 0.25) is 11.2 Å². The topological polar surface area (TPSA) is 66.9 Å². The predicted molar refractivity (Wildman–Crippen MR) is 77.9 cm³/mol. The van der Waals surface area contributed by atoms with Gasteiger partial charge in [0.15, 0.2) is 0 Å². The van der Waals surface area contributed by atoms with E-state index in [2.05, 4.69) is 20.6 Å². The number of halogens is 1. The summed E-state index contributed by atoms with van der Waals surface area (Å²) in [5.41, 5.74) is 2.01. The number of amides is 1. The molecule has 1 aliphatic heterocycles. The Labute approximate surface area is 123 Å². The van der Waals surface area contributed by atoms with Crippen molar-refractivity contribution < 1.29 is 4.79 Å². The van der Waals surface area contributed by atoms with Gasteiger partial charge in [0.05, 0.1) is 5.69 Å². The summed E-state index contributed by atoms with van der Waals surface area (Å²) < 4.78 is 0. The van der Waals surface area contributed by atoms with Crippen LogP contribution >= 0.6 is 11.6 Å². The highest BCUT2D eigenvalue weighted by molar-refractivity contribution is 6.28. The average Bonchev–Trinajstić information content (AvgIpc) is 2.80. The number of hydrogen-bond acceptors (Lipinski definition) is 4. The van der Waals surface area contributed by atoms with Crippen molar-refractivity contribution in [3.05, 3.63) is 16.5 Å². The van der Waals surface area contributed by atoms with Crippen LogP contribution in [0, 0.1) is 0 Å². The highest BCUT2D eigenvalue weighted by Gasteiger charge is 2.33. The van der Waals surface area contributed by atoms with E-state index in [9.17, 15) is 4.79 Å². The Morgan fingerprint density at radius 3 is 2.90 bits per heavy atom. The third-order valence-electron chi connectivity index (χ3n) is 4.05. The van der Waals surface area contributed by atoms with E-state index in [-0.39, 0.29) is 22.8 Å². The number of hydrogen-bond donors (Lipinski definition) is 2. The Morgan fingerprint density at radius 2 is 2.15 bits per heavy atom. The summed E-state index contributed by atoms with van der Waals surface area (Å²) >= 11 is 5.97. The summed E-state index contributed by atoms with van der Waals surface area (Å²) in [6.07, 6.45) is 4.71. The van der Waals surface area contributed by atoms with Gasteiger partial charge in [0.25, 0.3) is 0 Å². The number of carbonyl (C=O) groups excluding carboxylic acids is 1. The van der Waals surface area contributed by atoms with Crippen molar-refractivity contribution in [2.45, 2.75) is 57.5 Å². The van der Waals surface area contributed by atoms with Gasteiger partial charge < -0.3 is 10.6 Å². The smallest absolute Gasteiger partial charge is 0.242 e. The fourth-order valence-corrected chi connectivity index (χ4v) is 3.13. The van der Waals surface area contributed by atoms with E-state index in [1.807, 2.05) is 13.8 Å². The van der Waals surface area contributed by atoms with E-state index in [0.29, 0.717) is 0 Å². The average molecular weight is 295 g/mol. The lowest BCUT2D eigenvalue weighted by Gasteiger charge is -2.35. The van der Waals surface area contributed by atoms with Crippen molar-refractivity contribution in [3.63, 3.8) is 0 Å². The summed E-state index contributed by atoms with van der Waals surface area (Å²) in [5.74, 6) is 0.764. The number of aryl methyl sites for hydroxylation is 1. The van der Waals surface area contributed by atoms with Gasteiger partial charge in [0.1, 0.15) is 11.9 Å². The van der Waals surface area contributed by atoms with Crippen LogP contribution in [0.15, 0.2) is 0 Å². The van der Waals surface area contributed by atoms with Gasteiger partial charge in [-0.1, -0.05) is 0 Å². The molecule has 1 fully saturated rings. The molecule has 0 aromatic carbocycles. The molecular formula is C14H19ClN4O. The maximum atomic E-state index is 12.1. The van der Waals surface area contributed by atoms with Crippen molar-refractivity contribution in [2.24, 2.45) is 0 Å². The van der Waals surface area contributed by atoms with Crippen molar-refractivity contribution in [1.82, 2.24) is 15.3 Å². The molecule has 1 amide bonds. The molecule has 1 saturated heterocycles. The van der Waals surface area contributed by atoms with E-state index in [0.717, 1.165) is 49.2 Å². The molecule has 1 atom stereocenters. The first kappa shape index (κ1) is 13.6. The largest absolute Gasteiger partial charge is 0.358 e. The Morgan fingerprint density at radius 1 is 1.35 bits per heavy atom. The SMILES string of the molecule is CC1(C)CC[C@@H](Nc2nc(Cl)nc3c2CCC3)C(=O)N1.